The van der Waals surface area contributed by atoms with Crippen molar-refractivity contribution in [3.8, 4) is 11.5 Å². The normalized spacial score (nSPS) is 8.50. The standard InChI is InChI=1S/C12H11BO3.B.Li.H/c14-13(15-11-7-3-1-4-8-11)16-12-9-5-2-6-10-12;;;/h1-10,14H;;;/q;;+1;-1. The fourth-order valence-corrected chi connectivity index (χ4v) is 1.26. The molecule has 0 aliphatic carbocycles. The fourth-order valence-electron chi connectivity index (χ4n) is 1.26. The van der Waals surface area contributed by atoms with E-state index in [-0.39, 0.29) is 28.7 Å². The van der Waals surface area contributed by atoms with Crippen LogP contribution in [-0.4, -0.2) is 20.8 Å². The van der Waals surface area contributed by atoms with Crippen molar-refractivity contribution in [1.29, 1.82) is 0 Å². The Balaban J connectivity index is 0. The summed E-state index contributed by atoms with van der Waals surface area (Å²) in [5, 5.41) is 9.51. The Bertz CT molecular complexity index is 392. The van der Waals surface area contributed by atoms with Crippen molar-refractivity contribution in [2.75, 3.05) is 0 Å². The first-order valence-corrected chi connectivity index (χ1v) is 4.96. The molecule has 3 radical (unpaired) electrons. The Hall–Kier alpha value is -1.27. The first kappa shape index (κ1) is 16.7. The van der Waals surface area contributed by atoms with Crippen LogP contribution in [0.5, 0.6) is 11.5 Å². The molecule has 2 aromatic rings. The molecule has 0 bridgehead atoms. The fraction of sp³-hybridized carbons (Fsp3) is 0. The van der Waals surface area contributed by atoms with E-state index in [1.165, 1.54) is 0 Å². The average Bonchev–Trinajstić information content (AvgIpc) is 2.31. The van der Waals surface area contributed by atoms with Gasteiger partial charge in [0.2, 0.25) is 0 Å². The molecule has 0 saturated carbocycles. The van der Waals surface area contributed by atoms with Crippen LogP contribution < -0.4 is 28.2 Å². The predicted octanol–water partition coefficient (Wildman–Crippen LogP) is -1.14. The molecule has 18 heavy (non-hydrogen) atoms. The van der Waals surface area contributed by atoms with Crippen LogP contribution in [0.2, 0.25) is 0 Å². The van der Waals surface area contributed by atoms with Gasteiger partial charge in [0.25, 0.3) is 0 Å². The molecule has 0 spiro atoms. The summed E-state index contributed by atoms with van der Waals surface area (Å²) in [6.45, 7) is 0. The third kappa shape index (κ3) is 5.37. The van der Waals surface area contributed by atoms with Gasteiger partial charge in [-0.2, -0.15) is 0 Å². The van der Waals surface area contributed by atoms with Gasteiger partial charge in [0.05, 0.1) is 0 Å². The second-order valence-corrected chi connectivity index (χ2v) is 3.17. The maximum atomic E-state index is 9.51. The number of hydrogen-bond acceptors (Lipinski definition) is 3. The van der Waals surface area contributed by atoms with E-state index in [4.69, 9.17) is 9.31 Å². The largest absolute Gasteiger partial charge is 1.00 e. The van der Waals surface area contributed by atoms with E-state index in [0.717, 1.165) is 0 Å². The summed E-state index contributed by atoms with van der Waals surface area (Å²) in [5.74, 6) is 1.12. The summed E-state index contributed by atoms with van der Waals surface area (Å²) >= 11 is 0. The molecule has 0 aromatic heterocycles. The van der Waals surface area contributed by atoms with Crippen molar-refractivity contribution < 1.29 is 34.6 Å². The molecule has 0 saturated heterocycles. The van der Waals surface area contributed by atoms with E-state index in [2.05, 4.69) is 0 Å². The molecule has 2 rings (SSSR count). The maximum Gasteiger partial charge on any atom is 1.00 e. The molecular weight excluding hydrogens is 221 g/mol. The minimum Gasteiger partial charge on any atom is -1.00 e. The maximum absolute atomic E-state index is 9.51. The second-order valence-electron chi connectivity index (χ2n) is 3.17. The van der Waals surface area contributed by atoms with Crippen LogP contribution in [0, 0.1) is 0 Å². The van der Waals surface area contributed by atoms with Crippen molar-refractivity contribution in [3.63, 3.8) is 0 Å². The Morgan fingerprint density at radius 1 is 0.778 bits per heavy atom. The molecule has 0 unspecified atom stereocenters. The third-order valence-electron chi connectivity index (χ3n) is 1.96. The molecule has 85 valence electrons. The van der Waals surface area contributed by atoms with E-state index in [1.54, 1.807) is 24.3 Å². The van der Waals surface area contributed by atoms with E-state index in [1.807, 2.05) is 36.4 Å². The van der Waals surface area contributed by atoms with Gasteiger partial charge in [-0.3, -0.25) is 0 Å². The third-order valence-corrected chi connectivity index (χ3v) is 1.96. The van der Waals surface area contributed by atoms with Crippen LogP contribution in [0.1, 0.15) is 1.43 Å². The van der Waals surface area contributed by atoms with Crippen LogP contribution in [0.4, 0.5) is 0 Å². The average molecular weight is 233 g/mol. The summed E-state index contributed by atoms with van der Waals surface area (Å²) in [6, 6.07) is 18.0. The molecule has 1 N–H and O–H groups in total. The second kappa shape index (κ2) is 8.77. The number of para-hydroxylation sites is 2. The van der Waals surface area contributed by atoms with Gasteiger partial charge in [0.15, 0.2) is 0 Å². The summed E-state index contributed by atoms with van der Waals surface area (Å²) in [7, 11) is -1.30. The van der Waals surface area contributed by atoms with Crippen molar-refractivity contribution in [3.05, 3.63) is 60.7 Å². The molecule has 2 aromatic carbocycles. The van der Waals surface area contributed by atoms with Crippen LogP contribution in [0.25, 0.3) is 0 Å². The van der Waals surface area contributed by atoms with Gasteiger partial charge in [0.1, 0.15) is 11.5 Å². The Kier molecular flexibility index (Phi) is 8.15. The zero-order chi connectivity index (χ0) is 11.2. The molecule has 0 amide bonds. The first-order chi connectivity index (χ1) is 7.84. The van der Waals surface area contributed by atoms with Crippen LogP contribution in [-0.2, 0) is 0 Å². The van der Waals surface area contributed by atoms with Gasteiger partial charge >= 0.3 is 26.2 Å². The molecule has 0 aliphatic heterocycles. The van der Waals surface area contributed by atoms with E-state index in [9.17, 15) is 5.02 Å². The summed E-state index contributed by atoms with van der Waals surface area (Å²) in [6.07, 6.45) is 0. The van der Waals surface area contributed by atoms with Gasteiger partial charge in [-0.1, -0.05) is 36.4 Å². The van der Waals surface area contributed by atoms with Gasteiger partial charge < -0.3 is 15.8 Å². The minimum absolute atomic E-state index is 0. The Labute approximate surface area is 123 Å². The summed E-state index contributed by atoms with van der Waals surface area (Å²) in [5.41, 5.74) is 0. The van der Waals surface area contributed by atoms with Gasteiger partial charge in [0, 0.05) is 8.41 Å². The minimum atomic E-state index is -1.30. The smallest absolute Gasteiger partial charge is 1.00 e. The van der Waals surface area contributed by atoms with Crippen molar-refractivity contribution in [2.24, 2.45) is 0 Å². The van der Waals surface area contributed by atoms with Gasteiger partial charge in [-0.05, 0) is 24.3 Å². The van der Waals surface area contributed by atoms with Crippen molar-refractivity contribution in [1.82, 2.24) is 0 Å². The van der Waals surface area contributed by atoms with Crippen LogP contribution >= 0.6 is 0 Å². The van der Waals surface area contributed by atoms with Crippen LogP contribution in [0.15, 0.2) is 60.7 Å². The molecule has 3 nitrogen and oxygen atoms in total. The zero-order valence-electron chi connectivity index (χ0n) is 11.2. The summed E-state index contributed by atoms with van der Waals surface area (Å²) < 4.78 is 10.3. The van der Waals surface area contributed by atoms with E-state index in [0.29, 0.717) is 11.5 Å². The van der Waals surface area contributed by atoms with Crippen molar-refractivity contribution in [2.45, 2.75) is 0 Å². The Morgan fingerprint density at radius 2 is 1.11 bits per heavy atom. The molecule has 0 atom stereocenters. The number of rotatable bonds is 4. The molecule has 6 heteroatoms. The molecule has 0 aliphatic rings. The van der Waals surface area contributed by atoms with Gasteiger partial charge in [-0.15, -0.1) is 0 Å². The monoisotopic (exact) mass is 233 g/mol. The Morgan fingerprint density at radius 3 is 1.44 bits per heavy atom. The van der Waals surface area contributed by atoms with Crippen LogP contribution in [0.3, 0.4) is 0 Å². The zero-order valence-corrected chi connectivity index (χ0v) is 10.2. The number of hydrogen-bond donors (Lipinski definition) is 1. The SMILES string of the molecule is OB(Oc1ccccc1)Oc1ccccc1.[B].[H-].[Li+]. The topological polar surface area (TPSA) is 38.7 Å². The molecule has 0 heterocycles. The van der Waals surface area contributed by atoms with E-state index < -0.39 is 7.32 Å². The molecular formula is C12H12B2LiO3. The first-order valence-electron chi connectivity index (χ1n) is 4.96. The predicted molar refractivity (Wildman–Crippen MR) is 69.0 cm³/mol. The molecule has 0 fully saturated rings. The summed E-state index contributed by atoms with van der Waals surface area (Å²) in [4.78, 5) is 0. The van der Waals surface area contributed by atoms with Gasteiger partial charge in [-0.25, -0.2) is 0 Å². The van der Waals surface area contributed by atoms with E-state index >= 15 is 0 Å². The number of benzene rings is 2. The van der Waals surface area contributed by atoms with Crippen molar-refractivity contribution >= 4 is 15.7 Å². The quantitative estimate of drug-likeness (QED) is 0.678.